The van der Waals surface area contributed by atoms with Gasteiger partial charge in [0.05, 0.1) is 12.4 Å². The van der Waals surface area contributed by atoms with E-state index in [0.29, 0.717) is 23.3 Å². The molecule has 0 bridgehead atoms. The molecule has 9 heteroatoms. The van der Waals surface area contributed by atoms with Crippen LogP contribution in [0.3, 0.4) is 0 Å². The monoisotopic (exact) mass is 353 g/mol. The Morgan fingerprint density at radius 2 is 2.17 bits per heavy atom. The number of aromatic nitrogens is 4. The Kier molecular flexibility index (Phi) is 4.95. The summed E-state index contributed by atoms with van der Waals surface area (Å²) in [5.74, 6) is 0.869. The number of thioether (sulfide) groups is 1. The van der Waals surface area contributed by atoms with Crippen LogP contribution in [0, 0.1) is 0 Å². The lowest BCUT2D eigenvalue weighted by Gasteiger charge is -2.33. The molecule has 4 atom stereocenters. The number of ether oxygens (including phenoxy) is 1. The summed E-state index contributed by atoms with van der Waals surface area (Å²) in [5.41, 5.74) is 5.72. The molecule has 2 aromatic heterocycles. The van der Waals surface area contributed by atoms with Crippen molar-refractivity contribution >= 4 is 28.7 Å². The van der Waals surface area contributed by atoms with Crippen LogP contribution in [0.2, 0.25) is 0 Å². The van der Waals surface area contributed by atoms with Gasteiger partial charge in [0.25, 0.3) is 0 Å². The number of hydrogen-bond acceptors (Lipinski definition) is 8. The molecule has 1 aliphatic rings. The zero-order valence-electron chi connectivity index (χ0n) is 13.8. The molecule has 4 N–H and O–H groups in total. The lowest BCUT2D eigenvalue weighted by molar-refractivity contribution is -0.141. The molecular formula is C15H23N5O3S. The molecule has 0 amide bonds. The Hall–Kier alpha value is -1.42. The van der Waals surface area contributed by atoms with Crippen LogP contribution in [0.15, 0.2) is 12.7 Å². The number of rotatable bonds is 6. The lowest BCUT2D eigenvalue weighted by atomic mass is 9.97. The van der Waals surface area contributed by atoms with Gasteiger partial charge < -0.3 is 20.7 Å². The highest BCUT2D eigenvalue weighted by Gasteiger charge is 2.55. The van der Waals surface area contributed by atoms with Gasteiger partial charge in [0, 0.05) is 5.75 Å². The van der Waals surface area contributed by atoms with Gasteiger partial charge in [-0.25, -0.2) is 15.0 Å². The number of nitrogen functional groups attached to an aromatic ring is 1. The third kappa shape index (κ3) is 2.65. The van der Waals surface area contributed by atoms with Gasteiger partial charge in [-0.3, -0.25) is 4.57 Å². The highest BCUT2D eigenvalue weighted by atomic mass is 32.2. The van der Waals surface area contributed by atoms with Gasteiger partial charge in [0.2, 0.25) is 0 Å². The summed E-state index contributed by atoms with van der Waals surface area (Å²) in [7, 11) is 0. The first-order valence-corrected chi connectivity index (χ1v) is 9.41. The Morgan fingerprint density at radius 3 is 2.88 bits per heavy atom. The number of aliphatic hydroxyl groups is 2. The Morgan fingerprint density at radius 1 is 1.38 bits per heavy atom. The highest BCUT2D eigenvalue weighted by Crippen LogP contribution is 2.42. The van der Waals surface area contributed by atoms with Gasteiger partial charge in [-0.05, 0) is 19.1 Å². The maximum atomic E-state index is 10.8. The van der Waals surface area contributed by atoms with Gasteiger partial charge >= 0.3 is 0 Å². The van der Waals surface area contributed by atoms with Gasteiger partial charge in [-0.2, -0.15) is 11.8 Å². The second-order valence-electron chi connectivity index (χ2n) is 6.04. The minimum Gasteiger partial charge on any atom is -0.387 e. The van der Waals surface area contributed by atoms with E-state index in [1.54, 1.807) is 22.7 Å². The fourth-order valence-corrected chi connectivity index (χ4v) is 3.85. The first-order chi connectivity index (χ1) is 11.5. The van der Waals surface area contributed by atoms with Crippen molar-refractivity contribution < 1.29 is 14.9 Å². The fraction of sp³-hybridized carbons (Fsp3) is 0.667. The van der Waals surface area contributed by atoms with E-state index >= 15 is 0 Å². The number of anilines is 1. The molecule has 2 aromatic rings. The van der Waals surface area contributed by atoms with Gasteiger partial charge in [0.15, 0.2) is 17.2 Å². The van der Waals surface area contributed by atoms with E-state index in [1.165, 1.54) is 6.33 Å². The van der Waals surface area contributed by atoms with Crippen molar-refractivity contribution in [2.24, 2.45) is 0 Å². The molecule has 1 fully saturated rings. The summed E-state index contributed by atoms with van der Waals surface area (Å²) in [4.78, 5) is 12.5. The summed E-state index contributed by atoms with van der Waals surface area (Å²) in [6.45, 7) is 2.07. The summed E-state index contributed by atoms with van der Waals surface area (Å²) in [6, 6.07) is 0. The molecule has 8 nitrogen and oxygen atoms in total. The molecule has 0 saturated carbocycles. The minimum atomic E-state index is -1.11. The van der Waals surface area contributed by atoms with Crippen molar-refractivity contribution in [2.45, 2.75) is 50.2 Å². The molecule has 0 aromatic carbocycles. The van der Waals surface area contributed by atoms with Crippen molar-refractivity contribution in [3.05, 3.63) is 12.7 Å². The van der Waals surface area contributed by atoms with E-state index in [0.717, 1.165) is 12.8 Å². The Labute approximate surface area is 144 Å². The van der Waals surface area contributed by atoms with Crippen LogP contribution in [0.5, 0.6) is 0 Å². The molecule has 3 heterocycles. The molecule has 0 aliphatic carbocycles. The van der Waals surface area contributed by atoms with E-state index in [4.69, 9.17) is 10.5 Å². The van der Waals surface area contributed by atoms with Crippen LogP contribution in [-0.4, -0.2) is 60.1 Å². The van der Waals surface area contributed by atoms with E-state index in [-0.39, 0.29) is 5.82 Å². The van der Waals surface area contributed by atoms with Gasteiger partial charge in [-0.1, -0.05) is 13.3 Å². The number of nitrogens with two attached hydrogens (primary N) is 1. The second kappa shape index (κ2) is 6.83. The average Bonchev–Trinajstić information content (AvgIpc) is 3.11. The SMILES string of the molecule is CCCC[C@@]1(n2cnc3c(N)ncnc32)O[C@H](CSC)[C@@H](O)[C@H]1O. The quantitative estimate of drug-likeness (QED) is 0.695. The summed E-state index contributed by atoms with van der Waals surface area (Å²) in [5, 5.41) is 21.3. The molecule has 0 unspecified atom stereocenters. The van der Waals surface area contributed by atoms with Crippen molar-refractivity contribution in [1.29, 1.82) is 0 Å². The third-order valence-electron chi connectivity index (χ3n) is 4.51. The van der Waals surface area contributed by atoms with Crippen LogP contribution in [0.4, 0.5) is 5.82 Å². The molecule has 1 saturated heterocycles. The molecule has 0 radical (unpaired) electrons. The van der Waals surface area contributed by atoms with Crippen LogP contribution >= 0.6 is 11.8 Å². The zero-order valence-corrected chi connectivity index (χ0v) is 14.6. The smallest absolute Gasteiger partial charge is 0.176 e. The van der Waals surface area contributed by atoms with E-state index in [2.05, 4.69) is 21.9 Å². The maximum Gasteiger partial charge on any atom is 0.176 e. The first-order valence-electron chi connectivity index (χ1n) is 8.02. The maximum absolute atomic E-state index is 10.8. The molecule has 0 spiro atoms. The van der Waals surface area contributed by atoms with Crippen LogP contribution in [0.1, 0.15) is 26.2 Å². The Balaban J connectivity index is 2.10. The molecule has 3 rings (SSSR count). The number of hydrogen-bond donors (Lipinski definition) is 3. The van der Waals surface area contributed by atoms with Crippen LogP contribution < -0.4 is 5.73 Å². The number of unbranched alkanes of at least 4 members (excludes halogenated alkanes) is 1. The molecular weight excluding hydrogens is 330 g/mol. The van der Waals surface area contributed by atoms with E-state index in [1.807, 2.05) is 6.26 Å². The number of fused-ring (bicyclic) bond motifs is 1. The van der Waals surface area contributed by atoms with Crippen LogP contribution in [-0.2, 0) is 10.5 Å². The molecule has 1 aliphatic heterocycles. The molecule has 24 heavy (non-hydrogen) atoms. The summed E-state index contributed by atoms with van der Waals surface area (Å²) < 4.78 is 7.91. The fourth-order valence-electron chi connectivity index (χ4n) is 3.26. The Bertz CT molecular complexity index is 711. The summed E-state index contributed by atoms with van der Waals surface area (Å²) in [6.07, 6.45) is 4.67. The van der Waals surface area contributed by atoms with Crippen molar-refractivity contribution in [2.75, 3.05) is 17.7 Å². The van der Waals surface area contributed by atoms with Crippen molar-refractivity contribution in [3.63, 3.8) is 0 Å². The number of nitrogens with zero attached hydrogens (tertiary/aromatic N) is 4. The zero-order chi connectivity index (χ0) is 17.3. The van der Waals surface area contributed by atoms with Gasteiger partial charge in [0.1, 0.15) is 24.1 Å². The topological polar surface area (TPSA) is 119 Å². The largest absolute Gasteiger partial charge is 0.387 e. The third-order valence-corrected chi connectivity index (χ3v) is 5.17. The van der Waals surface area contributed by atoms with Gasteiger partial charge in [-0.15, -0.1) is 0 Å². The van der Waals surface area contributed by atoms with E-state index in [9.17, 15) is 10.2 Å². The van der Waals surface area contributed by atoms with Crippen molar-refractivity contribution in [1.82, 2.24) is 19.5 Å². The normalized spacial score (nSPS) is 30.2. The number of aliphatic hydroxyl groups excluding tert-OH is 2. The summed E-state index contributed by atoms with van der Waals surface area (Å²) >= 11 is 1.57. The van der Waals surface area contributed by atoms with E-state index < -0.39 is 24.0 Å². The predicted molar refractivity (Wildman–Crippen MR) is 92.5 cm³/mol. The minimum absolute atomic E-state index is 0.276. The number of imidazole rings is 1. The second-order valence-corrected chi connectivity index (χ2v) is 6.95. The molecule has 132 valence electrons. The first kappa shape index (κ1) is 17.4. The van der Waals surface area contributed by atoms with Crippen molar-refractivity contribution in [3.8, 4) is 0 Å². The lowest BCUT2D eigenvalue weighted by Crippen LogP contribution is -2.45. The average molecular weight is 353 g/mol. The predicted octanol–water partition coefficient (Wildman–Crippen LogP) is 0.735. The standard InChI is InChI=1S/C15H23N5O3S/c1-3-4-5-15(12(22)11(21)9(23-15)6-24-2)20-8-19-10-13(16)17-7-18-14(10)20/h7-9,11-12,21-22H,3-6H2,1-2H3,(H2,16,17,18)/t9-,11-,12-,15-/m1/s1. The highest BCUT2D eigenvalue weighted by molar-refractivity contribution is 7.98. The van der Waals surface area contributed by atoms with Crippen LogP contribution in [0.25, 0.3) is 11.2 Å².